The molecule has 27 heavy (non-hydrogen) atoms. The van der Waals surface area contributed by atoms with E-state index in [1.807, 2.05) is 30.3 Å². The summed E-state index contributed by atoms with van der Waals surface area (Å²) in [6, 6.07) is 12.8. The van der Waals surface area contributed by atoms with E-state index < -0.39 is 0 Å². The van der Waals surface area contributed by atoms with Crippen molar-refractivity contribution in [2.75, 3.05) is 19.7 Å². The SMILES string of the molecule is CCOC(=O)C1CCCN(C(=O)c2ccc3c(c2)C(=O)c2ccccc2-3)C1. The van der Waals surface area contributed by atoms with Crippen molar-refractivity contribution in [1.82, 2.24) is 4.90 Å². The van der Waals surface area contributed by atoms with E-state index >= 15 is 0 Å². The molecule has 1 amide bonds. The van der Waals surface area contributed by atoms with E-state index in [4.69, 9.17) is 4.74 Å². The van der Waals surface area contributed by atoms with Crippen molar-refractivity contribution < 1.29 is 19.1 Å². The average Bonchev–Trinajstić information content (AvgIpc) is 3.00. The van der Waals surface area contributed by atoms with Crippen LogP contribution in [0.4, 0.5) is 0 Å². The molecule has 2 aromatic rings. The largest absolute Gasteiger partial charge is 0.466 e. The lowest BCUT2D eigenvalue weighted by Crippen LogP contribution is -2.42. The Morgan fingerprint density at radius 2 is 1.81 bits per heavy atom. The van der Waals surface area contributed by atoms with E-state index in [1.54, 1.807) is 24.0 Å². The number of carbonyl (C=O) groups excluding carboxylic acids is 3. The number of ether oxygens (including phenoxy) is 1. The molecule has 2 aromatic carbocycles. The summed E-state index contributed by atoms with van der Waals surface area (Å²) < 4.78 is 5.10. The maximum Gasteiger partial charge on any atom is 0.310 e. The van der Waals surface area contributed by atoms with Crippen molar-refractivity contribution in [3.05, 3.63) is 59.2 Å². The summed E-state index contributed by atoms with van der Waals surface area (Å²) in [6.45, 7) is 3.10. The number of benzene rings is 2. The number of esters is 1. The first-order valence-corrected chi connectivity index (χ1v) is 9.34. The highest BCUT2D eigenvalue weighted by Gasteiger charge is 2.31. The number of carbonyl (C=O) groups is 3. The number of piperidine rings is 1. The third-order valence-electron chi connectivity index (χ3n) is 5.30. The molecule has 1 saturated heterocycles. The minimum atomic E-state index is -0.275. The Morgan fingerprint density at radius 1 is 1.07 bits per heavy atom. The molecule has 0 N–H and O–H groups in total. The molecule has 1 aliphatic heterocycles. The van der Waals surface area contributed by atoms with Gasteiger partial charge in [0.1, 0.15) is 0 Å². The first-order chi connectivity index (χ1) is 13.1. The van der Waals surface area contributed by atoms with E-state index in [0.717, 1.165) is 24.0 Å². The van der Waals surface area contributed by atoms with Crippen molar-refractivity contribution in [2.24, 2.45) is 5.92 Å². The summed E-state index contributed by atoms with van der Waals surface area (Å²) in [7, 11) is 0. The van der Waals surface area contributed by atoms with Crippen LogP contribution in [0.5, 0.6) is 0 Å². The molecule has 2 aliphatic rings. The quantitative estimate of drug-likeness (QED) is 0.670. The van der Waals surface area contributed by atoms with Crippen molar-refractivity contribution in [2.45, 2.75) is 19.8 Å². The van der Waals surface area contributed by atoms with Crippen molar-refractivity contribution >= 4 is 17.7 Å². The predicted octanol–water partition coefficient (Wildman–Crippen LogP) is 3.31. The number of hydrogen-bond acceptors (Lipinski definition) is 4. The smallest absolute Gasteiger partial charge is 0.310 e. The summed E-state index contributed by atoms with van der Waals surface area (Å²) in [4.78, 5) is 39.3. The van der Waals surface area contributed by atoms with Gasteiger partial charge in [-0.05, 0) is 43.0 Å². The summed E-state index contributed by atoms with van der Waals surface area (Å²) in [5.74, 6) is -0.702. The lowest BCUT2D eigenvalue weighted by atomic mass is 9.96. The second kappa shape index (κ2) is 6.99. The van der Waals surface area contributed by atoms with Crippen LogP contribution in [-0.2, 0) is 9.53 Å². The molecular formula is C22H21NO4. The van der Waals surface area contributed by atoms with Crippen LogP contribution in [0.25, 0.3) is 11.1 Å². The summed E-state index contributed by atoms with van der Waals surface area (Å²) in [5.41, 5.74) is 3.52. The average molecular weight is 363 g/mol. The molecule has 1 aliphatic carbocycles. The first kappa shape index (κ1) is 17.5. The molecular weight excluding hydrogens is 342 g/mol. The number of rotatable bonds is 3. The minimum absolute atomic E-state index is 0.0432. The van der Waals surface area contributed by atoms with Gasteiger partial charge in [0.25, 0.3) is 5.91 Å². The minimum Gasteiger partial charge on any atom is -0.466 e. The molecule has 5 heteroatoms. The van der Waals surface area contributed by atoms with Crippen LogP contribution in [0.3, 0.4) is 0 Å². The van der Waals surface area contributed by atoms with Gasteiger partial charge in [0, 0.05) is 29.8 Å². The van der Waals surface area contributed by atoms with Gasteiger partial charge in [-0.3, -0.25) is 14.4 Å². The van der Waals surface area contributed by atoms with E-state index in [1.165, 1.54) is 0 Å². The van der Waals surface area contributed by atoms with Crippen molar-refractivity contribution in [1.29, 1.82) is 0 Å². The molecule has 0 spiro atoms. The number of ketones is 1. The highest BCUT2D eigenvalue weighted by molar-refractivity contribution is 6.22. The number of fused-ring (bicyclic) bond motifs is 3. The first-order valence-electron chi connectivity index (χ1n) is 9.34. The lowest BCUT2D eigenvalue weighted by Gasteiger charge is -2.31. The Labute approximate surface area is 157 Å². The van der Waals surface area contributed by atoms with Crippen LogP contribution in [0.1, 0.15) is 46.0 Å². The molecule has 5 nitrogen and oxygen atoms in total. The lowest BCUT2D eigenvalue weighted by molar-refractivity contribution is -0.149. The second-order valence-corrected chi connectivity index (χ2v) is 6.98. The number of amides is 1. The highest BCUT2D eigenvalue weighted by atomic mass is 16.5. The fourth-order valence-electron chi connectivity index (χ4n) is 3.96. The molecule has 1 atom stereocenters. The zero-order valence-corrected chi connectivity index (χ0v) is 15.2. The standard InChI is InChI=1S/C22H21NO4/c1-2-27-22(26)15-6-5-11-23(13-15)21(25)14-9-10-17-16-7-3-4-8-18(16)20(24)19(17)12-14/h3-4,7-10,12,15H,2,5-6,11,13H2,1H3. The van der Waals surface area contributed by atoms with Crippen LogP contribution in [0.15, 0.2) is 42.5 Å². The Kier molecular flexibility index (Phi) is 4.52. The van der Waals surface area contributed by atoms with Gasteiger partial charge in [-0.1, -0.05) is 30.3 Å². The molecule has 0 bridgehead atoms. The monoisotopic (exact) mass is 363 g/mol. The van der Waals surface area contributed by atoms with Gasteiger partial charge in [-0.2, -0.15) is 0 Å². The number of likely N-dealkylation sites (tertiary alicyclic amines) is 1. The van der Waals surface area contributed by atoms with Crippen LogP contribution in [0, 0.1) is 5.92 Å². The summed E-state index contributed by atoms with van der Waals surface area (Å²) >= 11 is 0. The van der Waals surface area contributed by atoms with Gasteiger partial charge >= 0.3 is 5.97 Å². The van der Waals surface area contributed by atoms with E-state index in [9.17, 15) is 14.4 Å². The van der Waals surface area contributed by atoms with E-state index in [2.05, 4.69) is 0 Å². The van der Waals surface area contributed by atoms with Crippen LogP contribution in [0.2, 0.25) is 0 Å². The summed E-state index contributed by atoms with van der Waals surface area (Å²) in [5, 5.41) is 0. The van der Waals surface area contributed by atoms with Gasteiger partial charge in [0.15, 0.2) is 5.78 Å². The van der Waals surface area contributed by atoms with E-state index in [-0.39, 0.29) is 23.6 Å². The molecule has 4 rings (SSSR count). The maximum atomic E-state index is 13.0. The zero-order chi connectivity index (χ0) is 19.0. The molecule has 1 unspecified atom stereocenters. The third-order valence-corrected chi connectivity index (χ3v) is 5.30. The Morgan fingerprint density at radius 3 is 2.59 bits per heavy atom. The highest BCUT2D eigenvalue weighted by Crippen LogP contribution is 2.37. The fraction of sp³-hybridized carbons (Fsp3) is 0.318. The van der Waals surface area contributed by atoms with Gasteiger partial charge in [0.05, 0.1) is 12.5 Å². The number of nitrogens with zero attached hydrogens (tertiary/aromatic N) is 1. The molecule has 1 heterocycles. The molecule has 138 valence electrons. The van der Waals surface area contributed by atoms with Crippen LogP contribution in [-0.4, -0.2) is 42.3 Å². The van der Waals surface area contributed by atoms with Crippen molar-refractivity contribution in [3.8, 4) is 11.1 Å². The molecule has 0 saturated carbocycles. The third kappa shape index (κ3) is 3.03. The Balaban J connectivity index is 1.57. The van der Waals surface area contributed by atoms with Gasteiger partial charge in [-0.15, -0.1) is 0 Å². The molecule has 1 fully saturated rings. The van der Waals surface area contributed by atoms with Gasteiger partial charge in [0.2, 0.25) is 0 Å². The van der Waals surface area contributed by atoms with Crippen molar-refractivity contribution in [3.63, 3.8) is 0 Å². The maximum absolute atomic E-state index is 13.0. The Hall–Kier alpha value is -2.95. The molecule has 0 radical (unpaired) electrons. The fourth-order valence-corrected chi connectivity index (χ4v) is 3.96. The normalized spacial score (nSPS) is 18.0. The topological polar surface area (TPSA) is 63.7 Å². The molecule has 0 aromatic heterocycles. The Bertz CT molecular complexity index is 934. The second-order valence-electron chi connectivity index (χ2n) is 6.98. The number of hydrogen-bond donors (Lipinski definition) is 0. The van der Waals surface area contributed by atoms with Gasteiger partial charge < -0.3 is 9.64 Å². The summed E-state index contributed by atoms with van der Waals surface area (Å²) in [6.07, 6.45) is 1.51. The van der Waals surface area contributed by atoms with Crippen LogP contribution >= 0.6 is 0 Å². The predicted molar refractivity (Wildman–Crippen MR) is 101 cm³/mol. The van der Waals surface area contributed by atoms with E-state index in [0.29, 0.717) is 36.4 Å². The zero-order valence-electron chi connectivity index (χ0n) is 15.2. The van der Waals surface area contributed by atoms with Gasteiger partial charge in [-0.25, -0.2) is 0 Å². The van der Waals surface area contributed by atoms with Crippen LogP contribution < -0.4 is 0 Å².